The maximum Gasteiger partial charge on any atom is 0.183 e. The van der Waals surface area contributed by atoms with Gasteiger partial charge >= 0.3 is 0 Å². The van der Waals surface area contributed by atoms with E-state index in [4.69, 9.17) is 9.47 Å². The standard InChI is InChI=1S/C18H18O3S/c1-18(13-4-6-14(20-2)7-5-13)17(19)16-9-8-15(21-3)10-12(16)11-22-18/h4-10H,11H2,1-3H3. The maximum absolute atomic E-state index is 13.0. The van der Waals surface area contributed by atoms with Crippen molar-refractivity contribution in [1.82, 2.24) is 0 Å². The Kier molecular flexibility index (Phi) is 3.87. The van der Waals surface area contributed by atoms with E-state index in [9.17, 15) is 4.79 Å². The minimum Gasteiger partial charge on any atom is -0.497 e. The van der Waals surface area contributed by atoms with Crippen molar-refractivity contribution in [3.8, 4) is 11.5 Å². The zero-order valence-corrected chi connectivity index (χ0v) is 13.7. The molecule has 1 heterocycles. The molecule has 3 rings (SSSR count). The minimum atomic E-state index is -0.562. The quantitative estimate of drug-likeness (QED) is 0.856. The molecule has 0 N–H and O–H groups in total. The molecule has 0 saturated carbocycles. The van der Waals surface area contributed by atoms with Crippen molar-refractivity contribution in [3.05, 3.63) is 59.2 Å². The van der Waals surface area contributed by atoms with E-state index < -0.39 is 4.75 Å². The van der Waals surface area contributed by atoms with Crippen LogP contribution in [-0.4, -0.2) is 20.0 Å². The molecule has 0 amide bonds. The molecule has 1 atom stereocenters. The first-order chi connectivity index (χ1) is 10.6. The number of hydrogen-bond acceptors (Lipinski definition) is 4. The molecule has 3 nitrogen and oxygen atoms in total. The zero-order chi connectivity index (χ0) is 15.7. The molecule has 0 bridgehead atoms. The smallest absolute Gasteiger partial charge is 0.183 e. The van der Waals surface area contributed by atoms with Gasteiger partial charge in [0.25, 0.3) is 0 Å². The number of benzene rings is 2. The summed E-state index contributed by atoms with van der Waals surface area (Å²) in [5.41, 5.74) is 2.84. The van der Waals surface area contributed by atoms with Crippen LogP contribution in [0.5, 0.6) is 11.5 Å². The average molecular weight is 314 g/mol. The fraction of sp³-hybridized carbons (Fsp3) is 0.278. The van der Waals surface area contributed by atoms with Gasteiger partial charge in [0.15, 0.2) is 5.78 Å². The molecule has 0 radical (unpaired) electrons. The van der Waals surface area contributed by atoms with Crippen LogP contribution in [0.3, 0.4) is 0 Å². The molecule has 0 aliphatic carbocycles. The molecule has 1 aliphatic rings. The summed E-state index contributed by atoms with van der Waals surface area (Å²) in [5.74, 6) is 2.53. The Bertz CT molecular complexity index is 709. The van der Waals surface area contributed by atoms with Gasteiger partial charge in [-0.15, -0.1) is 11.8 Å². The van der Waals surface area contributed by atoms with Gasteiger partial charge in [-0.05, 0) is 48.4 Å². The largest absolute Gasteiger partial charge is 0.497 e. The van der Waals surface area contributed by atoms with E-state index in [2.05, 4.69) is 0 Å². The third-order valence-electron chi connectivity index (χ3n) is 4.15. The number of carbonyl (C=O) groups excluding carboxylic acids is 1. The molecule has 1 aliphatic heterocycles. The fourth-order valence-electron chi connectivity index (χ4n) is 2.71. The van der Waals surface area contributed by atoms with Gasteiger partial charge in [0.2, 0.25) is 0 Å². The van der Waals surface area contributed by atoms with Crippen molar-refractivity contribution < 1.29 is 14.3 Å². The summed E-state index contributed by atoms with van der Waals surface area (Å²) in [4.78, 5) is 13.0. The van der Waals surface area contributed by atoms with Gasteiger partial charge in [-0.2, -0.15) is 0 Å². The van der Waals surface area contributed by atoms with E-state index in [0.29, 0.717) is 0 Å². The summed E-state index contributed by atoms with van der Waals surface area (Å²) in [5, 5.41) is 0. The number of ketones is 1. The maximum atomic E-state index is 13.0. The number of ether oxygens (including phenoxy) is 2. The highest BCUT2D eigenvalue weighted by Gasteiger charge is 2.40. The van der Waals surface area contributed by atoms with E-state index >= 15 is 0 Å². The molecular weight excluding hydrogens is 296 g/mol. The Balaban J connectivity index is 1.99. The molecule has 0 fully saturated rings. The lowest BCUT2D eigenvalue weighted by Crippen LogP contribution is -2.33. The summed E-state index contributed by atoms with van der Waals surface area (Å²) in [6.07, 6.45) is 0. The molecule has 2 aromatic carbocycles. The molecule has 22 heavy (non-hydrogen) atoms. The van der Waals surface area contributed by atoms with E-state index in [0.717, 1.165) is 33.9 Å². The first kappa shape index (κ1) is 15.0. The van der Waals surface area contributed by atoms with Gasteiger partial charge in [-0.3, -0.25) is 4.79 Å². The highest BCUT2D eigenvalue weighted by molar-refractivity contribution is 8.00. The highest BCUT2D eigenvalue weighted by Crippen LogP contribution is 2.46. The molecule has 4 heteroatoms. The Morgan fingerprint density at radius 1 is 1.00 bits per heavy atom. The second-order valence-electron chi connectivity index (χ2n) is 5.40. The van der Waals surface area contributed by atoms with Crippen LogP contribution in [0.2, 0.25) is 0 Å². The second-order valence-corrected chi connectivity index (χ2v) is 6.80. The monoisotopic (exact) mass is 314 g/mol. The van der Waals surface area contributed by atoms with E-state index in [-0.39, 0.29) is 5.78 Å². The van der Waals surface area contributed by atoms with Gasteiger partial charge in [0, 0.05) is 11.3 Å². The molecule has 1 unspecified atom stereocenters. The number of fused-ring (bicyclic) bond motifs is 1. The molecule has 0 spiro atoms. The molecule has 2 aromatic rings. The number of carbonyl (C=O) groups is 1. The van der Waals surface area contributed by atoms with Crippen LogP contribution >= 0.6 is 11.8 Å². The van der Waals surface area contributed by atoms with E-state index in [1.165, 1.54) is 0 Å². The fourth-order valence-corrected chi connectivity index (χ4v) is 3.93. The second kappa shape index (κ2) is 5.69. The Labute approximate surface area is 134 Å². The topological polar surface area (TPSA) is 35.5 Å². The highest BCUT2D eigenvalue weighted by atomic mass is 32.2. The lowest BCUT2D eigenvalue weighted by Gasteiger charge is -2.33. The molecule has 114 valence electrons. The number of hydrogen-bond donors (Lipinski definition) is 0. The van der Waals surface area contributed by atoms with E-state index in [1.54, 1.807) is 26.0 Å². The molecular formula is C18H18O3S. The lowest BCUT2D eigenvalue weighted by atomic mass is 9.88. The lowest BCUT2D eigenvalue weighted by molar-refractivity contribution is 0.0946. The van der Waals surface area contributed by atoms with Crippen molar-refractivity contribution in [1.29, 1.82) is 0 Å². The first-order valence-electron chi connectivity index (χ1n) is 7.08. The van der Waals surface area contributed by atoms with E-state index in [1.807, 2.05) is 49.4 Å². The molecule has 0 saturated heterocycles. The van der Waals surface area contributed by atoms with Crippen molar-refractivity contribution in [2.24, 2.45) is 0 Å². The van der Waals surface area contributed by atoms with Gasteiger partial charge in [0.1, 0.15) is 16.2 Å². The predicted octanol–water partition coefficient (Wildman–Crippen LogP) is 4.05. The van der Waals surface area contributed by atoms with Gasteiger partial charge < -0.3 is 9.47 Å². The number of methoxy groups -OCH3 is 2. The summed E-state index contributed by atoms with van der Waals surface area (Å²) in [6, 6.07) is 13.4. The van der Waals surface area contributed by atoms with Crippen molar-refractivity contribution in [2.45, 2.75) is 17.4 Å². The van der Waals surface area contributed by atoms with Crippen molar-refractivity contribution >= 4 is 17.5 Å². The third kappa shape index (κ3) is 2.37. The predicted molar refractivity (Wildman–Crippen MR) is 89.0 cm³/mol. The number of rotatable bonds is 3. The van der Waals surface area contributed by atoms with Crippen molar-refractivity contribution in [3.63, 3.8) is 0 Å². The summed E-state index contributed by atoms with van der Waals surface area (Å²) >= 11 is 1.66. The Morgan fingerprint density at radius 3 is 2.27 bits per heavy atom. The average Bonchev–Trinajstić information content (AvgIpc) is 2.58. The minimum absolute atomic E-state index is 0.145. The van der Waals surface area contributed by atoms with Gasteiger partial charge in [0.05, 0.1) is 14.2 Å². The van der Waals surface area contributed by atoms with Crippen LogP contribution in [0.1, 0.15) is 28.4 Å². The first-order valence-corrected chi connectivity index (χ1v) is 8.07. The summed E-state index contributed by atoms with van der Waals surface area (Å²) < 4.78 is 9.87. The van der Waals surface area contributed by atoms with Gasteiger partial charge in [-0.25, -0.2) is 0 Å². The van der Waals surface area contributed by atoms with Gasteiger partial charge in [-0.1, -0.05) is 12.1 Å². The Hall–Kier alpha value is -1.94. The number of Topliss-reactive ketones (excluding diaryl/α,β-unsaturated/α-hetero) is 1. The normalized spacial score (nSPS) is 20.4. The van der Waals surface area contributed by atoms with Crippen LogP contribution in [0.25, 0.3) is 0 Å². The van der Waals surface area contributed by atoms with Crippen LogP contribution in [-0.2, 0) is 10.5 Å². The summed E-state index contributed by atoms with van der Waals surface area (Å²) in [6.45, 7) is 2.00. The van der Waals surface area contributed by atoms with Crippen LogP contribution < -0.4 is 9.47 Å². The van der Waals surface area contributed by atoms with Crippen LogP contribution in [0.15, 0.2) is 42.5 Å². The zero-order valence-electron chi connectivity index (χ0n) is 12.9. The Morgan fingerprint density at radius 2 is 1.64 bits per heavy atom. The summed E-state index contributed by atoms with van der Waals surface area (Å²) in [7, 11) is 3.28. The third-order valence-corrected chi connectivity index (χ3v) is 5.60. The van der Waals surface area contributed by atoms with Crippen LogP contribution in [0, 0.1) is 0 Å². The number of thioether (sulfide) groups is 1. The van der Waals surface area contributed by atoms with Crippen LogP contribution in [0.4, 0.5) is 0 Å². The SMILES string of the molecule is COc1ccc(C2(C)SCc3cc(OC)ccc3C2=O)cc1. The molecule has 0 aromatic heterocycles. The van der Waals surface area contributed by atoms with Crippen molar-refractivity contribution in [2.75, 3.05) is 14.2 Å².